The predicted octanol–water partition coefficient (Wildman–Crippen LogP) is 4.13. The Balaban J connectivity index is 1.41. The van der Waals surface area contributed by atoms with E-state index in [0.717, 1.165) is 49.5 Å². The lowest BCUT2D eigenvalue weighted by molar-refractivity contribution is -0.561. The molecule has 0 radical (unpaired) electrons. The Morgan fingerprint density at radius 3 is 2.41 bits per heavy atom. The standard InChI is InChI=1S/C26H41ClN2O7S3/c27-20-8-10-24-22(16-20)29(11-4-13-38(30,31)32)26(37-24)17-25-28(12-14-39(33,34)35)21-15-19(7-9-23(21)36-25)18-5-2-1-3-6-18/h17-24H,1-16H2,(H-,30,31,32,33,34,35)/p+1. The average molecular weight is 626 g/mol. The van der Waals surface area contributed by atoms with Gasteiger partial charge < -0.3 is 9.64 Å². The van der Waals surface area contributed by atoms with Crippen LogP contribution in [0.5, 0.6) is 0 Å². The summed E-state index contributed by atoms with van der Waals surface area (Å²) in [4.78, 5) is 2.06. The lowest BCUT2D eigenvalue weighted by atomic mass is 9.71. The highest BCUT2D eigenvalue weighted by atomic mass is 35.5. The van der Waals surface area contributed by atoms with Gasteiger partial charge in [-0.2, -0.15) is 16.8 Å². The van der Waals surface area contributed by atoms with Gasteiger partial charge in [-0.25, -0.2) is 4.58 Å². The fraction of sp³-hybridized carbons (Fsp3) is 0.885. The normalized spacial score (nSPS) is 35.3. The molecule has 3 aliphatic carbocycles. The monoisotopic (exact) mass is 625 g/mol. The molecule has 9 nitrogen and oxygen atoms in total. The predicted molar refractivity (Wildman–Crippen MR) is 154 cm³/mol. The fourth-order valence-corrected chi connectivity index (χ4v) is 10.2. The Morgan fingerprint density at radius 2 is 1.69 bits per heavy atom. The molecule has 3 saturated carbocycles. The highest BCUT2D eigenvalue weighted by molar-refractivity contribution is 8.14. The van der Waals surface area contributed by atoms with Gasteiger partial charge in [0.2, 0.25) is 5.04 Å². The van der Waals surface area contributed by atoms with E-state index in [0.29, 0.717) is 30.0 Å². The second-order valence-electron chi connectivity index (χ2n) is 12.0. The molecule has 13 heteroatoms. The molecule has 0 aromatic carbocycles. The summed E-state index contributed by atoms with van der Waals surface area (Å²) < 4.78 is 73.8. The van der Waals surface area contributed by atoms with Crippen LogP contribution < -0.4 is 0 Å². The van der Waals surface area contributed by atoms with Gasteiger partial charge in [0.25, 0.3) is 20.2 Å². The second-order valence-corrected chi connectivity index (χ2v) is 17.0. The summed E-state index contributed by atoms with van der Waals surface area (Å²) >= 11 is 8.28. The molecule has 2 heterocycles. The zero-order chi connectivity index (χ0) is 27.8. The summed E-state index contributed by atoms with van der Waals surface area (Å²) in [5.41, 5.74) is 0. The topological polar surface area (TPSA) is 124 Å². The lowest BCUT2D eigenvalue weighted by Crippen LogP contribution is -2.43. The smallest absolute Gasteiger partial charge is 0.266 e. The molecule has 2 aliphatic heterocycles. The lowest BCUT2D eigenvalue weighted by Gasteiger charge is -2.39. The maximum atomic E-state index is 11.7. The third kappa shape index (κ3) is 7.66. The third-order valence-electron chi connectivity index (χ3n) is 9.35. The first kappa shape index (κ1) is 29.9. The van der Waals surface area contributed by atoms with Gasteiger partial charge in [0.1, 0.15) is 12.6 Å². The van der Waals surface area contributed by atoms with Crippen molar-refractivity contribution in [3.05, 3.63) is 12.0 Å². The van der Waals surface area contributed by atoms with Crippen molar-refractivity contribution in [2.45, 2.75) is 106 Å². The first-order valence-corrected chi connectivity index (χ1v) is 19.0. The second kappa shape index (κ2) is 12.4. The largest absolute Gasteiger partial charge is 0.473 e. The van der Waals surface area contributed by atoms with Crippen molar-refractivity contribution in [2.24, 2.45) is 11.8 Å². The fourth-order valence-electron chi connectivity index (χ4n) is 7.48. The molecule has 222 valence electrons. The summed E-state index contributed by atoms with van der Waals surface area (Å²) in [5.74, 6) is 1.31. The van der Waals surface area contributed by atoms with E-state index in [2.05, 4.69) is 9.48 Å². The number of thioether (sulfide) groups is 1. The minimum Gasteiger partial charge on any atom is -0.473 e. The van der Waals surface area contributed by atoms with Crippen LogP contribution in [0.2, 0.25) is 0 Å². The van der Waals surface area contributed by atoms with E-state index in [9.17, 15) is 25.9 Å². The molecule has 39 heavy (non-hydrogen) atoms. The van der Waals surface area contributed by atoms with E-state index < -0.39 is 20.2 Å². The molecule has 1 saturated heterocycles. The Hall–Kier alpha value is -0.530. The minimum atomic E-state index is -4.14. The summed E-state index contributed by atoms with van der Waals surface area (Å²) in [5, 5.41) is 1.38. The Labute approximate surface area is 242 Å². The van der Waals surface area contributed by atoms with Gasteiger partial charge in [0.05, 0.1) is 28.9 Å². The van der Waals surface area contributed by atoms with Crippen LogP contribution in [0.4, 0.5) is 0 Å². The minimum absolute atomic E-state index is 0.00743. The molecule has 5 rings (SSSR count). The molecule has 0 aromatic heterocycles. The first-order valence-electron chi connectivity index (χ1n) is 14.5. The highest BCUT2D eigenvalue weighted by Crippen LogP contribution is 2.45. The quantitative estimate of drug-likeness (QED) is 0.221. The number of nitrogens with zero attached hydrogens (tertiary/aromatic N) is 2. The maximum Gasteiger partial charge on any atom is 0.266 e. The highest BCUT2D eigenvalue weighted by Gasteiger charge is 2.48. The molecular weight excluding hydrogens is 584 g/mol. The third-order valence-corrected chi connectivity index (χ3v) is 12.7. The van der Waals surface area contributed by atoms with E-state index >= 15 is 0 Å². The molecule has 4 fully saturated rings. The number of fused-ring (bicyclic) bond motifs is 2. The van der Waals surface area contributed by atoms with Crippen LogP contribution in [0.3, 0.4) is 0 Å². The van der Waals surface area contributed by atoms with E-state index in [1.807, 2.05) is 6.08 Å². The van der Waals surface area contributed by atoms with E-state index in [1.54, 1.807) is 11.8 Å². The molecule has 0 amide bonds. The van der Waals surface area contributed by atoms with Gasteiger partial charge >= 0.3 is 0 Å². The van der Waals surface area contributed by atoms with Crippen LogP contribution in [0.25, 0.3) is 0 Å². The molecule has 0 aromatic rings. The number of hydrogen-bond donors (Lipinski definition) is 2. The Kier molecular flexibility index (Phi) is 9.50. The molecule has 2 N–H and O–H groups in total. The maximum absolute atomic E-state index is 11.7. The van der Waals surface area contributed by atoms with E-state index in [-0.39, 0.29) is 41.6 Å². The number of rotatable bonds is 9. The van der Waals surface area contributed by atoms with E-state index in [1.165, 1.54) is 32.1 Å². The van der Waals surface area contributed by atoms with Gasteiger partial charge in [-0.1, -0.05) is 32.1 Å². The first-order chi connectivity index (χ1) is 18.5. The van der Waals surface area contributed by atoms with E-state index in [4.69, 9.17) is 16.3 Å². The van der Waals surface area contributed by atoms with Crippen molar-refractivity contribution in [1.29, 1.82) is 0 Å². The molecule has 0 bridgehead atoms. The van der Waals surface area contributed by atoms with Crippen molar-refractivity contribution >= 4 is 48.6 Å². The van der Waals surface area contributed by atoms with Crippen LogP contribution in [0.15, 0.2) is 12.0 Å². The number of halogens is 1. The van der Waals surface area contributed by atoms with Crippen molar-refractivity contribution in [1.82, 2.24) is 4.90 Å². The van der Waals surface area contributed by atoms with Gasteiger partial charge in [-0.15, -0.1) is 11.6 Å². The number of hydrogen-bond acceptors (Lipinski definition) is 7. The van der Waals surface area contributed by atoms with Crippen molar-refractivity contribution < 1.29 is 35.3 Å². The molecular formula is C26H42ClN2O7S3+. The SMILES string of the molecule is O=S(=O)(O)CCC[N+]1=C(C=C2OC3CCC(C4CCCCC4)CC3N2CCS(=O)(=O)O)SC2CCC(Cl)CC21. The van der Waals surface area contributed by atoms with Crippen molar-refractivity contribution in [2.75, 3.05) is 24.6 Å². The zero-order valence-corrected chi connectivity index (χ0v) is 25.6. The van der Waals surface area contributed by atoms with Crippen LogP contribution in [-0.2, 0) is 25.0 Å². The van der Waals surface area contributed by atoms with Gasteiger partial charge in [0, 0.05) is 24.8 Å². The summed E-state index contributed by atoms with van der Waals surface area (Å²) in [7, 11) is -8.19. The summed E-state index contributed by atoms with van der Waals surface area (Å²) in [6.45, 7) is 0.638. The Morgan fingerprint density at radius 1 is 0.949 bits per heavy atom. The van der Waals surface area contributed by atoms with Gasteiger partial charge in [0.15, 0.2) is 11.9 Å². The average Bonchev–Trinajstić information content (AvgIpc) is 3.38. The molecule has 6 atom stereocenters. The number of alkyl halides is 1. The number of ether oxygens (including phenoxy) is 1. The van der Waals surface area contributed by atoms with Crippen LogP contribution in [-0.4, -0.2) is 93.9 Å². The van der Waals surface area contributed by atoms with Gasteiger partial charge in [-0.05, 0) is 55.7 Å². The summed E-state index contributed by atoms with van der Waals surface area (Å²) in [6, 6.07) is 0.248. The molecule has 6 unspecified atom stereocenters. The van der Waals surface area contributed by atoms with Crippen LogP contribution >= 0.6 is 23.4 Å². The van der Waals surface area contributed by atoms with Crippen molar-refractivity contribution in [3.8, 4) is 0 Å². The van der Waals surface area contributed by atoms with Crippen LogP contribution in [0, 0.1) is 11.8 Å². The molecule has 0 spiro atoms. The van der Waals surface area contributed by atoms with Gasteiger partial charge in [-0.3, -0.25) is 9.11 Å². The summed E-state index contributed by atoms with van der Waals surface area (Å²) in [6.07, 6.45) is 14.5. The molecule has 5 aliphatic rings. The zero-order valence-electron chi connectivity index (χ0n) is 22.4. The Bertz CT molecular complexity index is 1170. The van der Waals surface area contributed by atoms with Crippen LogP contribution in [0.1, 0.15) is 77.0 Å². The van der Waals surface area contributed by atoms with Crippen molar-refractivity contribution in [3.63, 3.8) is 0 Å².